The molecule has 1 aliphatic heterocycles. The number of hydrogen-bond donors (Lipinski definition) is 2. The second-order valence-corrected chi connectivity index (χ2v) is 18.5. The third-order valence-electron chi connectivity index (χ3n) is 11.9. The molecular formula is C48H61NO6S. The minimum absolute atomic E-state index is 0.0197. The van der Waals surface area contributed by atoms with E-state index in [2.05, 4.69) is 61.2 Å². The number of allylic oxidation sites excluding steroid dienone is 1. The molecule has 300 valence electrons. The summed E-state index contributed by atoms with van der Waals surface area (Å²) >= 11 is 2.02. The number of oxime groups is 1. The van der Waals surface area contributed by atoms with Crippen molar-refractivity contribution in [1.82, 2.24) is 0 Å². The van der Waals surface area contributed by atoms with Gasteiger partial charge in [-0.3, -0.25) is 0 Å². The van der Waals surface area contributed by atoms with Gasteiger partial charge in [-0.2, -0.15) is 0 Å². The molecule has 1 heterocycles. The maximum atomic E-state index is 9.94. The maximum Gasteiger partial charge on any atom is 0.230 e. The molecule has 3 aromatic carbocycles. The van der Waals surface area contributed by atoms with Gasteiger partial charge in [0.1, 0.15) is 22.8 Å². The van der Waals surface area contributed by atoms with Gasteiger partial charge < -0.3 is 29.3 Å². The maximum absolute atomic E-state index is 9.94. The van der Waals surface area contributed by atoms with Crippen molar-refractivity contribution in [2.45, 2.75) is 119 Å². The Labute approximate surface area is 338 Å². The molecule has 6 unspecified atom stereocenters. The highest BCUT2D eigenvalue weighted by Gasteiger charge is 2.64. The molecule has 0 amide bonds. The monoisotopic (exact) mass is 779 g/mol. The molecule has 7 rings (SSSR count). The summed E-state index contributed by atoms with van der Waals surface area (Å²) in [5.41, 5.74) is 5.14. The number of aliphatic hydroxyl groups excluding tert-OH is 2. The molecule has 0 aromatic heterocycles. The fraction of sp³-hybridized carbons (Fsp3) is 0.521. The molecule has 7 nitrogen and oxygen atoms in total. The minimum atomic E-state index is -0.952. The predicted octanol–water partition coefficient (Wildman–Crippen LogP) is 11.3. The van der Waals surface area contributed by atoms with E-state index in [4.69, 9.17) is 24.2 Å². The van der Waals surface area contributed by atoms with Crippen LogP contribution in [0.2, 0.25) is 0 Å². The van der Waals surface area contributed by atoms with Gasteiger partial charge in [-0.15, -0.1) is 18.3 Å². The second-order valence-electron chi connectivity index (χ2n) is 17.0. The average molecular weight is 780 g/mol. The van der Waals surface area contributed by atoms with Gasteiger partial charge in [0.15, 0.2) is 0 Å². The number of fused-ring (bicyclic) bond motifs is 2. The Hall–Kier alpha value is -3.56. The summed E-state index contributed by atoms with van der Waals surface area (Å²) in [6, 6.07) is 25.0. The van der Waals surface area contributed by atoms with Gasteiger partial charge in [0, 0.05) is 36.4 Å². The van der Waals surface area contributed by atoms with Gasteiger partial charge in [-0.25, -0.2) is 0 Å². The van der Waals surface area contributed by atoms with Crippen LogP contribution in [0.5, 0.6) is 17.2 Å². The van der Waals surface area contributed by atoms with E-state index in [0.29, 0.717) is 18.3 Å². The fourth-order valence-electron chi connectivity index (χ4n) is 9.44. The summed E-state index contributed by atoms with van der Waals surface area (Å²) in [5.74, 6) is 1.77. The van der Waals surface area contributed by atoms with Gasteiger partial charge in [0.05, 0.1) is 23.5 Å². The van der Waals surface area contributed by atoms with Crippen LogP contribution in [0.3, 0.4) is 0 Å². The molecule has 3 aromatic rings. The van der Waals surface area contributed by atoms with Crippen LogP contribution in [0.4, 0.5) is 0 Å². The lowest BCUT2D eigenvalue weighted by atomic mass is 9.56. The molecule has 8 heteroatoms. The van der Waals surface area contributed by atoms with E-state index in [1.54, 1.807) is 0 Å². The normalized spacial score (nSPS) is 26.6. The second kappa shape index (κ2) is 18.4. The van der Waals surface area contributed by atoms with E-state index in [0.717, 1.165) is 78.2 Å². The van der Waals surface area contributed by atoms with Crippen LogP contribution in [0.15, 0.2) is 102 Å². The molecule has 56 heavy (non-hydrogen) atoms. The molecule has 2 N–H and O–H groups in total. The first kappa shape index (κ1) is 40.6. The van der Waals surface area contributed by atoms with Crippen LogP contribution in [-0.4, -0.2) is 57.6 Å². The third kappa shape index (κ3) is 9.09. The average Bonchev–Trinajstić information content (AvgIpc) is 3.72. The SMILES string of the molecule is C=CCOC12Oc3ccc(Oc4ccc(-c5ccccc5)cc4)cc3C3C(CCCCO)C(CCCCO)C=C(C(=NOC(C)(C)C)CC1SC1CCCC1)C32. The fourth-order valence-corrected chi connectivity index (χ4v) is 11.2. The lowest BCUT2D eigenvalue weighted by Gasteiger charge is -2.58. The summed E-state index contributed by atoms with van der Waals surface area (Å²) in [7, 11) is 0. The first-order chi connectivity index (χ1) is 27.2. The highest BCUT2D eigenvalue weighted by atomic mass is 32.2. The van der Waals surface area contributed by atoms with Crippen LogP contribution in [0.25, 0.3) is 11.1 Å². The third-order valence-corrected chi connectivity index (χ3v) is 13.6. The first-order valence-electron chi connectivity index (χ1n) is 21.0. The molecule has 6 atom stereocenters. The van der Waals surface area contributed by atoms with Crippen molar-refractivity contribution >= 4 is 17.5 Å². The summed E-state index contributed by atoms with van der Waals surface area (Å²) in [6.07, 6.45) is 15.1. The summed E-state index contributed by atoms with van der Waals surface area (Å²) in [5, 5.41) is 25.3. The highest BCUT2D eigenvalue weighted by Crippen LogP contribution is 2.63. The Bertz CT molecular complexity index is 1810. The van der Waals surface area contributed by atoms with Crippen molar-refractivity contribution in [2.24, 2.45) is 22.9 Å². The van der Waals surface area contributed by atoms with Crippen molar-refractivity contribution < 1.29 is 29.3 Å². The van der Waals surface area contributed by atoms with Crippen LogP contribution < -0.4 is 9.47 Å². The van der Waals surface area contributed by atoms with E-state index >= 15 is 0 Å². The number of hydrogen-bond acceptors (Lipinski definition) is 8. The zero-order valence-corrected chi connectivity index (χ0v) is 34.4. The zero-order chi connectivity index (χ0) is 39.1. The van der Waals surface area contributed by atoms with Gasteiger partial charge in [0.25, 0.3) is 0 Å². The molecule has 2 saturated carbocycles. The molecule has 0 bridgehead atoms. The number of thioether (sulfide) groups is 1. The number of rotatable bonds is 17. The Morgan fingerprint density at radius 3 is 2.29 bits per heavy atom. The molecule has 2 fully saturated rings. The van der Waals surface area contributed by atoms with Crippen LogP contribution in [0, 0.1) is 17.8 Å². The molecule has 0 saturated heterocycles. The van der Waals surface area contributed by atoms with Crippen LogP contribution in [-0.2, 0) is 9.57 Å². The number of unbranched alkanes of at least 4 members (excludes halogenated alkanes) is 2. The number of nitrogens with zero attached hydrogens (tertiary/aromatic N) is 1. The predicted molar refractivity (Wildman–Crippen MR) is 228 cm³/mol. The Balaban J connectivity index is 1.36. The summed E-state index contributed by atoms with van der Waals surface area (Å²) in [6.45, 7) is 10.9. The standard InChI is InChI=1S/C48H61NO6S/c1-5-29-52-48-44(56-38-18-9-10-19-38)32-42(49-55-47(2,3)4)40-30-35(17-11-13-27-50)39(20-12-14-28-51)45(46(40)48)41-31-37(25-26-43(41)54-48)53-36-23-21-34(22-24-36)33-15-7-6-8-16-33/h5-8,15-16,21-26,30-31,35,38-39,44-46,50-51H,1,9-14,17-20,27-29,32H2,2-4H3. The van der Waals surface area contributed by atoms with E-state index in [-0.39, 0.29) is 42.1 Å². The molecular weight excluding hydrogens is 719 g/mol. The Kier molecular flexibility index (Phi) is 13.3. The number of benzene rings is 3. The van der Waals surface area contributed by atoms with Crippen molar-refractivity contribution in [1.29, 1.82) is 0 Å². The van der Waals surface area contributed by atoms with Gasteiger partial charge in [0.2, 0.25) is 5.79 Å². The van der Waals surface area contributed by atoms with E-state index < -0.39 is 11.4 Å². The number of ether oxygens (including phenoxy) is 3. The quantitative estimate of drug-likeness (QED) is 0.0801. The first-order valence-corrected chi connectivity index (χ1v) is 21.9. The highest BCUT2D eigenvalue weighted by molar-refractivity contribution is 8.00. The van der Waals surface area contributed by atoms with E-state index in [9.17, 15) is 10.2 Å². The van der Waals surface area contributed by atoms with Crippen molar-refractivity contribution in [3.63, 3.8) is 0 Å². The topological polar surface area (TPSA) is 89.7 Å². The number of aliphatic hydroxyl groups is 2. The van der Waals surface area contributed by atoms with Crippen molar-refractivity contribution in [2.75, 3.05) is 19.8 Å². The van der Waals surface area contributed by atoms with Crippen LogP contribution in [0.1, 0.15) is 103 Å². The van der Waals surface area contributed by atoms with Crippen molar-refractivity contribution in [3.8, 4) is 28.4 Å². The molecule has 0 spiro atoms. The van der Waals surface area contributed by atoms with E-state index in [1.165, 1.54) is 31.2 Å². The smallest absolute Gasteiger partial charge is 0.230 e. The van der Waals surface area contributed by atoms with Gasteiger partial charge >= 0.3 is 0 Å². The molecule has 4 aliphatic rings. The summed E-state index contributed by atoms with van der Waals surface area (Å²) in [4.78, 5) is 6.26. The minimum Gasteiger partial charge on any atom is -0.460 e. The van der Waals surface area contributed by atoms with Gasteiger partial charge in [-0.05, 0) is 118 Å². The lowest BCUT2D eigenvalue weighted by molar-refractivity contribution is -0.223. The molecule has 0 radical (unpaired) electrons. The zero-order valence-electron chi connectivity index (χ0n) is 33.5. The van der Waals surface area contributed by atoms with E-state index in [1.807, 2.05) is 62.9 Å². The van der Waals surface area contributed by atoms with Crippen molar-refractivity contribution in [3.05, 3.63) is 103 Å². The Morgan fingerprint density at radius 2 is 1.59 bits per heavy atom. The van der Waals surface area contributed by atoms with Crippen LogP contribution >= 0.6 is 11.8 Å². The summed E-state index contributed by atoms with van der Waals surface area (Å²) < 4.78 is 21.1. The Morgan fingerprint density at radius 1 is 0.893 bits per heavy atom. The largest absolute Gasteiger partial charge is 0.460 e. The molecule has 3 aliphatic carbocycles. The lowest BCUT2D eigenvalue weighted by Crippen LogP contribution is -2.64. The van der Waals surface area contributed by atoms with Gasteiger partial charge in [-0.1, -0.05) is 85.5 Å².